The molecule has 0 aromatic carbocycles. The summed E-state index contributed by atoms with van der Waals surface area (Å²) in [6, 6.07) is -0.520. The van der Waals surface area contributed by atoms with Crippen molar-refractivity contribution in [2.24, 2.45) is 0 Å². The van der Waals surface area contributed by atoms with Gasteiger partial charge in [0.25, 0.3) is 0 Å². The van der Waals surface area contributed by atoms with Crippen molar-refractivity contribution >= 4 is 23.5 Å². The number of aliphatic hydroxyl groups excluding tert-OH is 2. The Bertz CT molecular complexity index is 371. The number of hydrogen-bond acceptors (Lipinski definition) is 7. The second-order valence-electron chi connectivity index (χ2n) is 3.61. The van der Waals surface area contributed by atoms with E-state index in [0.29, 0.717) is 5.95 Å². The largest absolute Gasteiger partial charge is 0.394 e. The highest BCUT2D eigenvalue weighted by Gasteiger charge is 2.12. The number of aliphatic hydroxyl groups is 2. The Balaban J connectivity index is 2.93. The van der Waals surface area contributed by atoms with Gasteiger partial charge in [0.1, 0.15) is 0 Å². The number of halogens is 1. The maximum atomic E-state index is 8.99. The first-order valence-corrected chi connectivity index (χ1v) is 6.17. The summed E-state index contributed by atoms with van der Waals surface area (Å²) in [6.07, 6.45) is 0. The van der Waals surface area contributed by atoms with Crippen LogP contribution in [-0.2, 0) is 0 Å². The Kier molecular flexibility index (Phi) is 6.03. The zero-order valence-electron chi connectivity index (χ0n) is 10.5. The van der Waals surface area contributed by atoms with Crippen LogP contribution in [0.5, 0.6) is 0 Å². The van der Waals surface area contributed by atoms with Gasteiger partial charge in [0.15, 0.2) is 0 Å². The van der Waals surface area contributed by atoms with Crippen LogP contribution in [0.4, 0.5) is 11.9 Å². The predicted octanol–water partition coefficient (Wildman–Crippen LogP) is 0.136. The SMILES string of the molecule is CCN(CC)c1nc(Cl)nc(NC(CO)CO)n1. The molecule has 0 aliphatic carbocycles. The van der Waals surface area contributed by atoms with Gasteiger partial charge < -0.3 is 20.4 Å². The molecule has 0 saturated carbocycles. The second-order valence-corrected chi connectivity index (χ2v) is 3.94. The van der Waals surface area contributed by atoms with E-state index in [1.165, 1.54) is 0 Å². The van der Waals surface area contributed by atoms with Gasteiger partial charge in [-0.3, -0.25) is 0 Å². The van der Waals surface area contributed by atoms with Crippen LogP contribution >= 0.6 is 11.6 Å². The zero-order chi connectivity index (χ0) is 13.5. The summed E-state index contributed by atoms with van der Waals surface area (Å²) in [5, 5.41) is 20.8. The number of anilines is 2. The third kappa shape index (κ3) is 3.94. The highest BCUT2D eigenvalue weighted by Crippen LogP contribution is 2.13. The molecule has 0 unspecified atom stereocenters. The molecule has 1 heterocycles. The van der Waals surface area contributed by atoms with Crippen LogP contribution in [0.3, 0.4) is 0 Å². The van der Waals surface area contributed by atoms with Crippen LogP contribution in [0.15, 0.2) is 0 Å². The summed E-state index contributed by atoms with van der Waals surface area (Å²) in [7, 11) is 0. The molecule has 0 fully saturated rings. The number of rotatable bonds is 7. The van der Waals surface area contributed by atoms with Crippen molar-refractivity contribution in [1.82, 2.24) is 15.0 Å². The fourth-order valence-electron chi connectivity index (χ4n) is 1.38. The van der Waals surface area contributed by atoms with Crippen molar-refractivity contribution in [1.29, 1.82) is 0 Å². The van der Waals surface area contributed by atoms with Crippen molar-refractivity contribution in [3.63, 3.8) is 0 Å². The Morgan fingerprint density at radius 2 is 1.78 bits per heavy atom. The lowest BCUT2D eigenvalue weighted by atomic mass is 10.3. The smallest absolute Gasteiger partial charge is 0.231 e. The quantitative estimate of drug-likeness (QED) is 0.651. The Labute approximate surface area is 111 Å². The van der Waals surface area contributed by atoms with Crippen molar-refractivity contribution in [3.05, 3.63) is 5.28 Å². The summed E-state index contributed by atoms with van der Waals surface area (Å²) >= 11 is 5.82. The average Bonchev–Trinajstić information content (AvgIpc) is 2.37. The van der Waals surface area contributed by atoms with Crippen LogP contribution in [0, 0.1) is 0 Å². The van der Waals surface area contributed by atoms with Crippen LogP contribution in [0.1, 0.15) is 13.8 Å². The van der Waals surface area contributed by atoms with Gasteiger partial charge >= 0.3 is 0 Å². The fraction of sp³-hybridized carbons (Fsp3) is 0.700. The fourth-order valence-corrected chi connectivity index (χ4v) is 1.54. The van der Waals surface area contributed by atoms with Crippen LogP contribution in [0.25, 0.3) is 0 Å². The highest BCUT2D eigenvalue weighted by molar-refractivity contribution is 6.28. The molecule has 18 heavy (non-hydrogen) atoms. The molecule has 102 valence electrons. The maximum absolute atomic E-state index is 8.99. The van der Waals surface area contributed by atoms with Gasteiger partial charge in [-0.15, -0.1) is 0 Å². The van der Waals surface area contributed by atoms with E-state index in [1.807, 2.05) is 18.7 Å². The van der Waals surface area contributed by atoms with Gasteiger partial charge in [0, 0.05) is 13.1 Å². The lowest BCUT2D eigenvalue weighted by Crippen LogP contribution is -2.30. The van der Waals surface area contributed by atoms with E-state index in [2.05, 4.69) is 20.3 Å². The topological polar surface area (TPSA) is 94.4 Å². The molecule has 1 aromatic heterocycles. The van der Waals surface area contributed by atoms with Gasteiger partial charge in [0.05, 0.1) is 19.3 Å². The van der Waals surface area contributed by atoms with Crippen LogP contribution in [0.2, 0.25) is 5.28 Å². The van der Waals surface area contributed by atoms with Gasteiger partial charge in [-0.25, -0.2) is 0 Å². The van der Waals surface area contributed by atoms with Gasteiger partial charge in [-0.05, 0) is 25.4 Å². The highest BCUT2D eigenvalue weighted by atomic mass is 35.5. The molecule has 0 aliphatic rings. The summed E-state index contributed by atoms with van der Waals surface area (Å²) in [4.78, 5) is 14.1. The second kappa shape index (κ2) is 7.30. The molecule has 3 N–H and O–H groups in total. The van der Waals surface area contributed by atoms with E-state index in [4.69, 9.17) is 21.8 Å². The standard InChI is InChI=1S/C10H18ClN5O2/c1-3-16(4-2)10-14-8(11)13-9(15-10)12-7(5-17)6-18/h7,17-18H,3-6H2,1-2H3,(H,12,13,14,15). The third-order valence-corrected chi connectivity index (χ3v) is 2.59. The first-order valence-electron chi connectivity index (χ1n) is 5.79. The molecular formula is C10H18ClN5O2. The molecule has 1 aromatic rings. The van der Waals surface area contributed by atoms with E-state index >= 15 is 0 Å². The Morgan fingerprint density at radius 1 is 1.17 bits per heavy atom. The van der Waals surface area contributed by atoms with Crippen molar-refractivity contribution in [2.45, 2.75) is 19.9 Å². The molecule has 0 bridgehead atoms. The van der Waals surface area contributed by atoms with Crippen LogP contribution in [-0.4, -0.2) is 57.5 Å². The molecule has 0 amide bonds. The minimum atomic E-state index is -0.520. The van der Waals surface area contributed by atoms with Crippen LogP contribution < -0.4 is 10.2 Å². The predicted molar refractivity (Wildman–Crippen MR) is 70.0 cm³/mol. The van der Waals surface area contributed by atoms with Crippen molar-refractivity contribution in [2.75, 3.05) is 36.5 Å². The third-order valence-electron chi connectivity index (χ3n) is 2.42. The van der Waals surface area contributed by atoms with Gasteiger partial charge in [0.2, 0.25) is 17.2 Å². The molecule has 0 radical (unpaired) electrons. The normalized spacial score (nSPS) is 10.8. The number of nitrogens with one attached hydrogen (secondary N) is 1. The lowest BCUT2D eigenvalue weighted by Gasteiger charge is -2.20. The Hall–Kier alpha value is -1.18. The van der Waals surface area contributed by atoms with E-state index < -0.39 is 6.04 Å². The maximum Gasteiger partial charge on any atom is 0.231 e. The minimum Gasteiger partial charge on any atom is -0.394 e. The first-order chi connectivity index (χ1) is 8.64. The van der Waals surface area contributed by atoms with Gasteiger partial charge in [-0.2, -0.15) is 15.0 Å². The number of hydrogen-bond donors (Lipinski definition) is 3. The molecular weight excluding hydrogens is 258 g/mol. The lowest BCUT2D eigenvalue weighted by molar-refractivity contribution is 0.203. The molecule has 0 saturated heterocycles. The van der Waals surface area contributed by atoms with Crippen molar-refractivity contribution < 1.29 is 10.2 Å². The molecule has 1 rings (SSSR count). The first kappa shape index (κ1) is 14.9. The summed E-state index contributed by atoms with van der Waals surface area (Å²) in [5.41, 5.74) is 0. The van der Waals surface area contributed by atoms with Gasteiger partial charge in [-0.1, -0.05) is 0 Å². The number of aromatic nitrogens is 3. The molecule has 7 nitrogen and oxygen atoms in total. The van der Waals surface area contributed by atoms with E-state index in [9.17, 15) is 0 Å². The molecule has 8 heteroatoms. The summed E-state index contributed by atoms with van der Waals surface area (Å²) in [5.74, 6) is 0.710. The molecule has 0 spiro atoms. The van der Waals surface area contributed by atoms with E-state index in [0.717, 1.165) is 13.1 Å². The molecule has 0 atom stereocenters. The monoisotopic (exact) mass is 275 g/mol. The summed E-state index contributed by atoms with van der Waals surface area (Å²) < 4.78 is 0. The number of nitrogens with zero attached hydrogens (tertiary/aromatic N) is 4. The van der Waals surface area contributed by atoms with E-state index in [1.54, 1.807) is 0 Å². The average molecular weight is 276 g/mol. The summed E-state index contributed by atoms with van der Waals surface area (Å²) in [6.45, 7) is 5.03. The Morgan fingerprint density at radius 3 is 2.28 bits per heavy atom. The molecule has 0 aliphatic heterocycles. The minimum absolute atomic E-state index is 0.0732. The zero-order valence-corrected chi connectivity index (χ0v) is 11.2. The van der Waals surface area contributed by atoms with E-state index in [-0.39, 0.29) is 24.4 Å². The van der Waals surface area contributed by atoms with Crippen molar-refractivity contribution in [3.8, 4) is 0 Å².